The van der Waals surface area contributed by atoms with Crippen molar-refractivity contribution in [3.63, 3.8) is 0 Å². The van der Waals surface area contributed by atoms with Gasteiger partial charge in [0.1, 0.15) is 0 Å². The van der Waals surface area contributed by atoms with Gasteiger partial charge in [-0.05, 0) is 12.1 Å². The molecule has 3 heteroatoms. The van der Waals surface area contributed by atoms with Crippen molar-refractivity contribution in [2.24, 2.45) is 0 Å². The van der Waals surface area contributed by atoms with E-state index in [0.29, 0.717) is 4.48 Å². The van der Waals surface area contributed by atoms with Gasteiger partial charge in [0, 0.05) is 11.8 Å². The van der Waals surface area contributed by atoms with E-state index in [4.69, 9.17) is 11.5 Å². The van der Waals surface area contributed by atoms with Gasteiger partial charge in [-0.1, -0.05) is 0 Å². The summed E-state index contributed by atoms with van der Waals surface area (Å²) >= 11 is 0. The molecular weight excluding hydrogens is 150 g/mol. The van der Waals surface area contributed by atoms with E-state index < -0.39 is 0 Å². The van der Waals surface area contributed by atoms with E-state index in [2.05, 4.69) is 21.1 Å². The van der Waals surface area contributed by atoms with E-state index >= 15 is 0 Å². The Balaban J connectivity index is 3.23. The normalized spacial score (nSPS) is 11.6. The summed E-state index contributed by atoms with van der Waals surface area (Å²) in [6.07, 6.45) is 0. The molecule has 0 atom stereocenters. The standard InChI is InChI=1S/C9H16N3/c1-12(2,3)9-6-7(10)4-5-8(9)11/h4-6H,10-11H2,1-3H3/q+1. The Morgan fingerprint density at radius 1 is 1.08 bits per heavy atom. The van der Waals surface area contributed by atoms with Gasteiger partial charge in [0.05, 0.1) is 26.8 Å². The number of nitrogens with two attached hydrogens (primary N) is 2. The maximum atomic E-state index is 5.80. The van der Waals surface area contributed by atoms with Gasteiger partial charge in [0.2, 0.25) is 0 Å². The van der Waals surface area contributed by atoms with Crippen molar-refractivity contribution in [1.82, 2.24) is 4.48 Å². The molecule has 0 spiro atoms. The smallest absolute Gasteiger partial charge is 0.157 e. The van der Waals surface area contributed by atoms with Crippen molar-refractivity contribution < 1.29 is 0 Å². The SMILES string of the molecule is C[N+](C)(C)c1cc(N)ccc1N. The fourth-order valence-electron chi connectivity index (χ4n) is 1.14. The number of hydrogen-bond acceptors (Lipinski definition) is 2. The van der Waals surface area contributed by atoms with Crippen LogP contribution < -0.4 is 16.0 Å². The van der Waals surface area contributed by atoms with E-state index in [1.165, 1.54) is 0 Å². The molecule has 1 aromatic carbocycles. The van der Waals surface area contributed by atoms with Crippen LogP contribution in [0.3, 0.4) is 0 Å². The first-order valence-electron chi connectivity index (χ1n) is 3.88. The van der Waals surface area contributed by atoms with Crippen molar-refractivity contribution in [2.45, 2.75) is 0 Å². The molecule has 0 fully saturated rings. The molecule has 12 heavy (non-hydrogen) atoms. The van der Waals surface area contributed by atoms with Crippen LogP contribution >= 0.6 is 0 Å². The fraction of sp³-hybridized carbons (Fsp3) is 0.333. The van der Waals surface area contributed by atoms with Crippen LogP contribution in [0.5, 0.6) is 0 Å². The minimum atomic E-state index is 0.691. The Hall–Kier alpha value is -1.22. The summed E-state index contributed by atoms with van der Waals surface area (Å²) in [5, 5.41) is 0. The zero-order valence-corrected chi connectivity index (χ0v) is 7.83. The highest BCUT2D eigenvalue weighted by Gasteiger charge is 2.15. The third-order valence-electron chi connectivity index (χ3n) is 1.78. The molecule has 0 saturated heterocycles. The van der Waals surface area contributed by atoms with Gasteiger partial charge in [-0.25, -0.2) is 0 Å². The molecule has 1 aromatic rings. The number of nitrogen functional groups attached to an aromatic ring is 2. The van der Waals surface area contributed by atoms with Crippen molar-refractivity contribution in [1.29, 1.82) is 0 Å². The number of quaternary nitrogens is 1. The van der Waals surface area contributed by atoms with E-state index in [0.717, 1.165) is 17.1 Å². The Labute approximate surface area is 73.2 Å². The molecule has 0 aliphatic carbocycles. The van der Waals surface area contributed by atoms with Crippen molar-refractivity contribution in [2.75, 3.05) is 32.6 Å². The van der Waals surface area contributed by atoms with E-state index in [1.807, 2.05) is 18.2 Å². The lowest BCUT2D eigenvalue weighted by Crippen LogP contribution is -2.35. The minimum absolute atomic E-state index is 0.691. The van der Waals surface area contributed by atoms with Gasteiger partial charge in [-0.2, -0.15) is 0 Å². The second kappa shape index (κ2) is 2.68. The Bertz CT molecular complexity index is 286. The molecule has 0 aromatic heterocycles. The average molecular weight is 166 g/mol. The van der Waals surface area contributed by atoms with Crippen LogP contribution in [-0.4, -0.2) is 21.1 Å². The molecule has 0 unspecified atom stereocenters. The van der Waals surface area contributed by atoms with Crippen molar-refractivity contribution >= 4 is 17.1 Å². The van der Waals surface area contributed by atoms with Crippen LogP contribution in [0.1, 0.15) is 0 Å². The highest BCUT2D eigenvalue weighted by molar-refractivity contribution is 5.69. The van der Waals surface area contributed by atoms with Gasteiger partial charge in [0.25, 0.3) is 0 Å². The maximum absolute atomic E-state index is 5.80. The molecular formula is C9H16N3+. The Morgan fingerprint density at radius 3 is 2.08 bits per heavy atom. The minimum Gasteiger partial charge on any atom is -0.399 e. The summed E-state index contributed by atoms with van der Waals surface area (Å²) in [7, 11) is 6.18. The highest BCUT2D eigenvalue weighted by Crippen LogP contribution is 2.27. The van der Waals surface area contributed by atoms with Crippen molar-refractivity contribution in [3.8, 4) is 0 Å². The summed E-state index contributed by atoms with van der Waals surface area (Å²) in [5.41, 5.74) is 14.1. The molecule has 0 bridgehead atoms. The van der Waals surface area contributed by atoms with Gasteiger partial charge in [-0.15, -0.1) is 0 Å². The highest BCUT2D eigenvalue weighted by atomic mass is 15.3. The summed E-state index contributed by atoms with van der Waals surface area (Å²) in [6, 6.07) is 5.57. The van der Waals surface area contributed by atoms with E-state index in [1.54, 1.807) is 0 Å². The largest absolute Gasteiger partial charge is 0.399 e. The predicted molar refractivity (Wildman–Crippen MR) is 54.8 cm³/mol. The van der Waals surface area contributed by atoms with Gasteiger partial charge in [-0.3, -0.25) is 4.48 Å². The molecule has 0 aliphatic rings. The van der Waals surface area contributed by atoms with Crippen LogP contribution in [0.15, 0.2) is 18.2 Å². The van der Waals surface area contributed by atoms with Crippen LogP contribution in [0, 0.1) is 0 Å². The first-order chi connectivity index (χ1) is 5.41. The summed E-state index contributed by atoms with van der Waals surface area (Å²) in [5.74, 6) is 0. The maximum Gasteiger partial charge on any atom is 0.157 e. The summed E-state index contributed by atoms with van der Waals surface area (Å²) in [4.78, 5) is 0. The van der Waals surface area contributed by atoms with E-state index in [9.17, 15) is 0 Å². The van der Waals surface area contributed by atoms with Crippen LogP contribution in [0.4, 0.5) is 17.1 Å². The summed E-state index contributed by atoms with van der Waals surface area (Å²) < 4.78 is 0.691. The van der Waals surface area contributed by atoms with Gasteiger partial charge >= 0.3 is 0 Å². The molecule has 66 valence electrons. The van der Waals surface area contributed by atoms with Crippen LogP contribution in [0.2, 0.25) is 0 Å². The predicted octanol–water partition coefficient (Wildman–Crippen LogP) is 1.05. The second-order valence-corrected chi connectivity index (χ2v) is 3.83. The summed E-state index contributed by atoms with van der Waals surface area (Å²) in [6.45, 7) is 0. The zero-order valence-electron chi connectivity index (χ0n) is 7.83. The average Bonchev–Trinajstić information content (AvgIpc) is 1.92. The quantitative estimate of drug-likeness (QED) is 0.484. The molecule has 0 aliphatic heterocycles. The lowest BCUT2D eigenvalue weighted by atomic mass is 10.2. The number of hydrogen-bond donors (Lipinski definition) is 2. The monoisotopic (exact) mass is 166 g/mol. The molecule has 0 amide bonds. The van der Waals surface area contributed by atoms with Gasteiger partial charge in [0.15, 0.2) is 5.69 Å². The molecule has 4 N–H and O–H groups in total. The third-order valence-corrected chi connectivity index (χ3v) is 1.78. The zero-order chi connectivity index (χ0) is 9.35. The molecule has 1 rings (SSSR count). The van der Waals surface area contributed by atoms with Crippen molar-refractivity contribution in [3.05, 3.63) is 18.2 Å². The Morgan fingerprint density at radius 2 is 1.67 bits per heavy atom. The number of nitrogens with zero attached hydrogens (tertiary/aromatic N) is 1. The first-order valence-corrected chi connectivity index (χ1v) is 3.88. The lowest BCUT2D eigenvalue weighted by molar-refractivity contribution is 0.488. The topological polar surface area (TPSA) is 52.0 Å². The number of anilines is 2. The molecule has 0 heterocycles. The fourth-order valence-corrected chi connectivity index (χ4v) is 1.14. The molecule has 0 radical (unpaired) electrons. The van der Waals surface area contributed by atoms with Crippen LogP contribution in [0.25, 0.3) is 0 Å². The molecule has 0 saturated carbocycles. The van der Waals surface area contributed by atoms with Gasteiger partial charge < -0.3 is 11.5 Å². The first kappa shape index (κ1) is 8.87. The third kappa shape index (κ3) is 1.68. The Kier molecular flexibility index (Phi) is 1.98. The number of rotatable bonds is 1. The number of benzene rings is 1. The van der Waals surface area contributed by atoms with Crippen LogP contribution in [-0.2, 0) is 0 Å². The lowest BCUT2D eigenvalue weighted by Gasteiger charge is -2.24. The van der Waals surface area contributed by atoms with E-state index in [-0.39, 0.29) is 0 Å². The molecule has 3 nitrogen and oxygen atoms in total. The second-order valence-electron chi connectivity index (χ2n) is 3.83.